The molecule has 4 rings (SSSR count). The molecule has 1 aromatic heterocycles. The zero-order valence-electron chi connectivity index (χ0n) is 15.9. The molecule has 0 bridgehead atoms. The molecule has 3 heterocycles. The van der Waals surface area contributed by atoms with Gasteiger partial charge in [-0.1, -0.05) is 11.8 Å². The van der Waals surface area contributed by atoms with Crippen molar-refractivity contribution in [2.75, 3.05) is 16.8 Å². The number of nitrogens with one attached hydrogen (secondary N) is 1. The van der Waals surface area contributed by atoms with Crippen molar-refractivity contribution in [3.05, 3.63) is 59.4 Å². The molecule has 2 aliphatic heterocycles. The van der Waals surface area contributed by atoms with Gasteiger partial charge in [0.05, 0.1) is 28.0 Å². The van der Waals surface area contributed by atoms with Crippen LogP contribution in [0.5, 0.6) is 0 Å². The van der Waals surface area contributed by atoms with Crippen molar-refractivity contribution in [1.29, 1.82) is 0 Å². The summed E-state index contributed by atoms with van der Waals surface area (Å²) in [6, 6.07) is 6.39. The van der Waals surface area contributed by atoms with Gasteiger partial charge in [-0.05, 0) is 43.7 Å². The van der Waals surface area contributed by atoms with Crippen molar-refractivity contribution in [3.8, 4) is 0 Å². The second-order valence-corrected chi connectivity index (χ2v) is 11.3. The summed E-state index contributed by atoms with van der Waals surface area (Å²) in [6.07, 6.45) is 1.22. The van der Waals surface area contributed by atoms with E-state index in [-0.39, 0.29) is 27.9 Å². The molecule has 1 aromatic carbocycles. The summed E-state index contributed by atoms with van der Waals surface area (Å²) in [6.45, 7) is 1.69. The molecule has 1 fully saturated rings. The van der Waals surface area contributed by atoms with E-state index in [4.69, 9.17) is 5.73 Å². The predicted octanol–water partition coefficient (Wildman–Crippen LogP) is 2.45. The summed E-state index contributed by atoms with van der Waals surface area (Å²) >= 11 is 1.21. The predicted molar refractivity (Wildman–Crippen MR) is 111 cm³/mol. The number of benzene rings is 1. The van der Waals surface area contributed by atoms with Crippen molar-refractivity contribution in [2.24, 2.45) is 10.7 Å². The van der Waals surface area contributed by atoms with Crippen LogP contribution in [0.1, 0.15) is 29.4 Å². The molecule has 1 spiro atoms. The Bertz CT molecular complexity index is 1160. The van der Waals surface area contributed by atoms with Gasteiger partial charge in [0.15, 0.2) is 15.0 Å². The largest absolute Gasteiger partial charge is 0.378 e. The van der Waals surface area contributed by atoms with Crippen molar-refractivity contribution < 1.29 is 22.0 Å². The van der Waals surface area contributed by atoms with Gasteiger partial charge in [0.25, 0.3) is 5.91 Å². The molecule has 1 saturated heterocycles. The minimum absolute atomic E-state index is 0.00319. The fraction of sp³-hybridized carbons (Fsp3) is 0.316. The van der Waals surface area contributed by atoms with Crippen LogP contribution in [0.15, 0.2) is 41.5 Å². The highest BCUT2D eigenvalue weighted by Gasteiger charge is 2.56. The number of hydrogen-bond donors (Lipinski definition) is 2. The van der Waals surface area contributed by atoms with Gasteiger partial charge in [-0.2, -0.15) is 0 Å². The first kappa shape index (κ1) is 20.7. The maximum absolute atomic E-state index is 14.8. The topological polar surface area (TPSA) is 115 Å². The van der Waals surface area contributed by atoms with E-state index in [1.807, 2.05) is 0 Å². The first-order valence-corrected chi connectivity index (χ1v) is 11.6. The Hall–Kier alpha value is -2.53. The van der Waals surface area contributed by atoms with Gasteiger partial charge < -0.3 is 11.1 Å². The lowest BCUT2D eigenvalue weighted by Gasteiger charge is -2.47. The maximum Gasteiger partial charge on any atom is 0.274 e. The number of thioether (sulfide) groups is 1. The van der Waals surface area contributed by atoms with Crippen LogP contribution in [0.25, 0.3) is 0 Å². The van der Waals surface area contributed by atoms with E-state index < -0.39 is 37.7 Å². The molecule has 0 aliphatic carbocycles. The number of anilines is 1. The Morgan fingerprint density at radius 3 is 2.60 bits per heavy atom. The molecule has 7 nitrogen and oxygen atoms in total. The summed E-state index contributed by atoms with van der Waals surface area (Å²) in [7, 11) is -3.13. The molecular weight excluding hydrogens is 434 g/mol. The van der Waals surface area contributed by atoms with E-state index in [0.29, 0.717) is 12.1 Å². The molecule has 1 unspecified atom stereocenters. The number of amidine groups is 1. The van der Waals surface area contributed by atoms with Crippen LogP contribution in [0.3, 0.4) is 0 Å². The summed E-state index contributed by atoms with van der Waals surface area (Å²) < 4.78 is 50.7. The number of amides is 1. The lowest BCUT2D eigenvalue weighted by atomic mass is 9.83. The monoisotopic (exact) mass is 452 g/mol. The lowest BCUT2D eigenvalue weighted by Crippen LogP contribution is -2.58. The number of pyridine rings is 1. The first-order chi connectivity index (χ1) is 14.0. The van der Waals surface area contributed by atoms with Gasteiger partial charge in [0.2, 0.25) is 0 Å². The highest BCUT2D eigenvalue weighted by atomic mass is 32.2. The number of nitrogens with zero attached hydrogens (tertiary/aromatic N) is 2. The number of sulfone groups is 1. The van der Waals surface area contributed by atoms with Crippen LogP contribution >= 0.6 is 11.8 Å². The lowest BCUT2D eigenvalue weighted by molar-refractivity contribution is 0.102. The van der Waals surface area contributed by atoms with Gasteiger partial charge in [-0.3, -0.25) is 9.79 Å². The average molecular weight is 453 g/mol. The van der Waals surface area contributed by atoms with Crippen molar-refractivity contribution in [1.82, 2.24) is 4.98 Å². The summed E-state index contributed by atoms with van der Waals surface area (Å²) in [4.78, 5) is 20.5. The molecule has 0 radical (unpaired) electrons. The number of aromatic nitrogens is 1. The Kier molecular flexibility index (Phi) is 4.85. The third kappa shape index (κ3) is 3.91. The standard InChI is InChI=1S/C19H18F2N4O3S2/c1-18(8-19(29-17(22)25-18)9-30(27,28)10-19)13-6-12(3-4-14(13)21)24-16(26)15-5-2-11(20)7-23-15/h2-7H,8-10H2,1H3,(H2,22,25)(H,24,26). The second kappa shape index (κ2) is 7.02. The third-order valence-electron chi connectivity index (χ3n) is 5.07. The van der Waals surface area contributed by atoms with Crippen LogP contribution in [-0.2, 0) is 15.4 Å². The first-order valence-electron chi connectivity index (χ1n) is 8.97. The van der Waals surface area contributed by atoms with Crippen molar-refractivity contribution >= 4 is 38.4 Å². The molecule has 30 heavy (non-hydrogen) atoms. The number of carbonyl (C=O) groups excluding carboxylic acids is 1. The minimum atomic E-state index is -3.13. The maximum atomic E-state index is 14.8. The summed E-state index contributed by atoms with van der Waals surface area (Å²) in [5.41, 5.74) is 5.37. The number of rotatable bonds is 3. The summed E-state index contributed by atoms with van der Waals surface area (Å²) in [5.74, 6) is -1.77. The van der Waals surface area contributed by atoms with Crippen LogP contribution in [0.4, 0.5) is 14.5 Å². The van der Waals surface area contributed by atoms with Crippen LogP contribution < -0.4 is 11.1 Å². The summed E-state index contributed by atoms with van der Waals surface area (Å²) in [5, 5.41) is 2.80. The third-order valence-corrected chi connectivity index (χ3v) is 8.59. The molecule has 2 aromatic rings. The van der Waals surface area contributed by atoms with Crippen molar-refractivity contribution in [2.45, 2.75) is 23.6 Å². The Morgan fingerprint density at radius 1 is 1.23 bits per heavy atom. The van der Waals surface area contributed by atoms with Crippen molar-refractivity contribution in [3.63, 3.8) is 0 Å². The zero-order chi connectivity index (χ0) is 21.7. The molecule has 0 saturated carbocycles. The molecular formula is C19H18F2N4O3S2. The van der Waals surface area contributed by atoms with E-state index in [1.54, 1.807) is 6.92 Å². The van der Waals surface area contributed by atoms with Gasteiger partial charge in [-0.25, -0.2) is 22.2 Å². The van der Waals surface area contributed by atoms with Gasteiger partial charge in [0.1, 0.15) is 17.3 Å². The molecule has 2 aliphatic rings. The fourth-order valence-electron chi connectivity index (χ4n) is 3.99. The molecule has 158 valence electrons. The van der Waals surface area contributed by atoms with E-state index in [9.17, 15) is 22.0 Å². The Balaban J connectivity index is 1.63. The number of halogens is 2. The van der Waals surface area contributed by atoms with Crippen LogP contribution in [0.2, 0.25) is 0 Å². The normalized spacial score (nSPS) is 24.0. The fourth-order valence-corrected chi connectivity index (χ4v) is 8.30. The highest BCUT2D eigenvalue weighted by molar-refractivity contribution is 8.17. The zero-order valence-corrected chi connectivity index (χ0v) is 17.5. The molecule has 3 N–H and O–H groups in total. The van der Waals surface area contributed by atoms with Crippen LogP contribution in [-0.4, -0.2) is 40.7 Å². The van der Waals surface area contributed by atoms with Crippen LogP contribution in [0, 0.1) is 11.6 Å². The number of carbonyl (C=O) groups is 1. The number of hydrogen-bond acceptors (Lipinski definition) is 7. The highest BCUT2D eigenvalue weighted by Crippen LogP contribution is 2.51. The van der Waals surface area contributed by atoms with E-state index >= 15 is 0 Å². The smallest absolute Gasteiger partial charge is 0.274 e. The SMILES string of the molecule is CC1(c2cc(NC(=O)c3ccc(F)cn3)ccc2F)CC2(CS(=O)(=O)C2)SC(N)=N1. The minimum Gasteiger partial charge on any atom is -0.378 e. The van der Waals surface area contributed by atoms with Gasteiger partial charge in [0, 0.05) is 11.3 Å². The van der Waals surface area contributed by atoms with Gasteiger partial charge in [-0.15, -0.1) is 0 Å². The average Bonchev–Trinajstić information content (AvgIpc) is 2.61. The molecule has 11 heteroatoms. The Labute approximate surface area is 176 Å². The molecule has 1 amide bonds. The molecule has 1 atom stereocenters. The second-order valence-electron chi connectivity index (χ2n) is 7.73. The quantitative estimate of drug-likeness (QED) is 0.739. The van der Waals surface area contributed by atoms with Gasteiger partial charge >= 0.3 is 0 Å². The number of nitrogens with two attached hydrogens (primary N) is 1. The van der Waals surface area contributed by atoms with E-state index in [0.717, 1.165) is 12.3 Å². The Morgan fingerprint density at radius 2 is 1.97 bits per heavy atom. The number of aliphatic imine (C=N–C) groups is 1. The van der Waals surface area contributed by atoms with E-state index in [1.165, 1.54) is 36.0 Å². The van der Waals surface area contributed by atoms with E-state index in [2.05, 4.69) is 15.3 Å².